The highest BCUT2D eigenvalue weighted by atomic mass is 16.7. The minimum atomic E-state index is -0.395. The fraction of sp³-hybridized carbons (Fsp3) is 0.900. The topological polar surface area (TPSA) is 59.6 Å². The van der Waals surface area contributed by atoms with Crippen LogP contribution in [0, 0.1) is 0 Å². The van der Waals surface area contributed by atoms with Gasteiger partial charge in [0.05, 0.1) is 6.04 Å². The minimum absolute atomic E-state index is 0.00236. The van der Waals surface area contributed by atoms with Crippen molar-refractivity contribution in [3.05, 3.63) is 0 Å². The van der Waals surface area contributed by atoms with Crippen LogP contribution in [0.5, 0.6) is 0 Å². The summed E-state index contributed by atoms with van der Waals surface area (Å²) in [6.07, 6.45) is 0.0753. The Bertz CT molecular complexity index is 172. The van der Waals surface area contributed by atoms with E-state index >= 15 is 0 Å². The van der Waals surface area contributed by atoms with Crippen LogP contribution in [0.15, 0.2) is 0 Å². The first-order valence-corrected chi connectivity index (χ1v) is 5.21. The first-order chi connectivity index (χ1) is 7.15. The number of ether oxygens (including phenoxy) is 2. The number of hydrogen-bond acceptors (Lipinski definition) is 4. The molecular formula is C10H22N2O3. The van der Waals surface area contributed by atoms with Gasteiger partial charge in [-0.2, -0.15) is 0 Å². The Kier molecular flexibility index (Phi) is 8.27. The summed E-state index contributed by atoms with van der Waals surface area (Å²) in [5.41, 5.74) is 0. The summed E-state index contributed by atoms with van der Waals surface area (Å²) in [7, 11) is 3.10. The second kappa shape index (κ2) is 8.64. The smallest absolute Gasteiger partial charge is 0.221 e. The van der Waals surface area contributed by atoms with Crippen LogP contribution in [0.4, 0.5) is 0 Å². The van der Waals surface area contributed by atoms with Crippen LogP contribution < -0.4 is 10.6 Å². The van der Waals surface area contributed by atoms with Crippen molar-refractivity contribution in [1.82, 2.24) is 10.6 Å². The van der Waals surface area contributed by atoms with Crippen molar-refractivity contribution in [3.63, 3.8) is 0 Å². The lowest BCUT2D eigenvalue weighted by atomic mass is 10.3. The molecule has 15 heavy (non-hydrogen) atoms. The van der Waals surface area contributed by atoms with Crippen molar-refractivity contribution in [3.8, 4) is 0 Å². The maximum absolute atomic E-state index is 11.4. The Morgan fingerprint density at radius 3 is 2.40 bits per heavy atom. The number of methoxy groups -OCH3 is 2. The van der Waals surface area contributed by atoms with Crippen molar-refractivity contribution < 1.29 is 14.3 Å². The van der Waals surface area contributed by atoms with E-state index in [0.717, 1.165) is 6.54 Å². The summed E-state index contributed by atoms with van der Waals surface area (Å²) in [5.74, 6) is 0.00236. The molecule has 0 aliphatic heterocycles. The molecule has 0 spiro atoms. The van der Waals surface area contributed by atoms with Crippen molar-refractivity contribution in [2.45, 2.75) is 32.6 Å². The molecule has 1 unspecified atom stereocenters. The molecule has 1 atom stereocenters. The van der Waals surface area contributed by atoms with Gasteiger partial charge in [-0.05, 0) is 13.5 Å². The van der Waals surface area contributed by atoms with E-state index in [1.54, 1.807) is 14.2 Å². The highest BCUT2D eigenvalue weighted by Crippen LogP contribution is 1.98. The van der Waals surface area contributed by atoms with Crippen LogP contribution >= 0.6 is 0 Å². The third-order valence-electron chi connectivity index (χ3n) is 2.04. The van der Waals surface area contributed by atoms with Crippen molar-refractivity contribution >= 4 is 5.91 Å². The molecule has 5 heteroatoms. The van der Waals surface area contributed by atoms with Gasteiger partial charge in [-0.15, -0.1) is 0 Å². The molecule has 0 rings (SSSR count). The molecule has 0 heterocycles. The summed E-state index contributed by atoms with van der Waals surface area (Å²) in [6, 6.07) is -0.144. The van der Waals surface area contributed by atoms with Gasteiger partial charge in [-0.3, -0.25) is 4.79 Å². The summed E-state index contributed by atoms with van der Waals surface area (Å²) in [6.45, 7) is 5.43. The van der Waals surface area contributed by atoms with Crippen LogP contribution in [-0.2, 0) is 14.3 Å². The standard InChI is InChI=1S/C10H22N2O3/c1-5-11-7-6-9(13)12-8(2)10(14-3)15-4/h8,10-11H,5-7H2,1-4H3,(H,12,13). The molecule has 1 amide bonds. The first-order valence-electron chi connectivity index (χ1n) is 5.21. The lowest BCUT2D eigenvalue weighted by Gasteiger charge is -2.22. The zero-order valence-electron chi connectivity index (χ0n) is 10.0. The highest BCUT2D eigenvalue weighted by Gasteiger charge is 2.17. The van der Waals surface area contributed by atoms with Crippen molar-refractivity contribution in [2.75, 3.05) is 27.3 Å². The van der Waals surface area contributed by atoms with Gasteiger partial charge in [0.1, 0.15) is 0 Å². The first kappa shape index (κ1) is 14.3. The van der Waals surface area contributed by atoms with Gasteiger partial charge >= 0.3 is 0 Å². The molecule has 0 aromatic heterocycles. The van der Waals surface area contributed by atoms with Gasteiger partial charge in [-0.25, -0.2) is 0 Å². The monoisotopic (exact) mass is 218 g/mol. The Balaban J connectivity index is 3.74. The Labute approximate surface area is 91.5 Å². The van der Waals surface area contributed by atoms with Gasteiger partial charge in [0.25, 0.3) is 0 Å². The van der Waals surface area contributed by atoms with Crippen molar-refractivity contribution in [1.29, 1.82) is 0 Å². The summed E-state index contributed by atoms with van der Waals surface area (Å²) in [5, 5.41) is 5.90. The van der Waals surface area contributed by atoms with Crippen LogP contribution in [0.3, 0.4) is 0 Å². The summed E-state index contributed by atoms with van der Waals surface area (Å²) < 4.78 is 10.1. The second-order valence-corrected chi connectivity index (χ2v) is 3.30. The molecule has 2 N–H and O–H groups in total. The molecule has 0 aliphatic rings. The zero-order valence-corrected chi connectivity index (χ0v) is 10.0. The van der Waals surface area contributed by atoms with Crippen LogP contribution in [-0.4, -0.2) is 45.5 Å². The molecule has 0 bridgehead atoms. The SMILES string of the molecule is CCNCCC(=O)NC(C)C(OC)OC. The number of amides is 1. The zero-order chi connectivity index (χ0) is 11.7. The predicted octanol–water partition coefficient (Wildman–Crippen LogP) is 0.110. The van der Waals surface area contributed by atoms with Gasteiger partial charge in [0, 0.05) is 27.2 Å². The van der Waals surface area contributed by atoms with E-state index in [9.17, 15) is 4.79 Å². The van der Waals surface area contributed by atoms with E-state index in [1.165, 1.54) is 0 Å². The molecule has 5 nitrogen and oxygen atoms in total. The average molecular weight is 218 g/mol. The van der Waals surface area contributed by atoms with Crippen LogP contribution in [0.25, 0.3) is 0 Å². The van der Waals surface area contributed by atoms with Crippen LogP contribution in [0.1, 0.15) is 20.3 Å². The molecule has 0 aromatic rings. The maximum Gasteiger partial charge on any atom is 0.221 e. The number of carbonyl (C=O) groups excluding carboxylic acids is 1. The molecule has 90 valence electrons. The third-order valence-corrected chi connectivity index (χ3v) is 2.04. The largest absolute Gasteiger partial charge is 0.354 e. The summed E-state index contributed by atoms with van der Waals surface area (Å²) >= 11 is 0. The fourth-order valence-electron chi connectivity index (χ4n) is 1.28. The Morgan fingerprint density at radius 2 is 1.93 bits per heavy atom. The number of rotatable bonds is 8. The highest BCUT2D eigenvalue weighted by molar-refractivity contribution is 5.76. The van der Waals surface area contributed by atoms with E-state index in [0.29, 0.717) is 13.0 Å². The molecular weight excluding hydrogens is 196 g/mol. The van der Waals surface area contributed by atoms with Gasteiger partial charge in [-0.1, -0.05) is 6.92 Å². The molecule has 0 saturated heterocycles. The van der Waals surface area contributed by atoms with E-state index in [2.05, 4.69) is 10.6 Å². The second-order valence-electron chi connectivity index (χ2n) is 3.30. The van der Waals surface area contributed by atoms with Gasteiger partial charge in [0.15, 0.2) is 6.29 Å². The van der Waals surface area contributed by atoms with E-state index in [1.807, 2.05) is 13.8 Å². The lowest BCUT2D eigenvalue weighted by molar-refractivity contribution is -0.135. The number of carbonyl (C=O) groups is 1. The Morgan fingerprint density at radius 1 is 1.33 bits per heavy atom. The number of hydrogen-bond donors (Lipinski definition) is 2. The molecule has 0 fully saturated rings. The number of nitrogens with one attached hydrogen (secondary N) is 2. The third kappa shape index (κ3) is 6.43. The maximum atomic E-state index is 11.4. The van der Waals surface area contributed by atoms with Gasteiger partial charge < -0.3 is 20.1 Å². The van der Waals surface area contributed by atoms with E-state index in [4.69, 9.17) is 9.47 Å². The molecule has 0 aromatic carbocycles. The quantitative estimate of drug-likeness (QED) is 0.448. The predicted molar refractivity (Wildman–Crippen MR) is 58.6 cm³/mol. The molecule has 0 aliphatic carbocycles. The van der Waals surface area contributed by atoms with Crippen molar-refractivity contribution in [2.24, 2.45) is 0 Å². The van der Waals surface area contributed by atoms with Crippen LogP contribution in [0.2, 0.25) is 0 Å². The van der Waals surface area contributed by atoms with E-state index < -0.39 is 6.29 Å². The average Bonchev–Trinajstić information content (AvgIpc) is 2.20. The molecule has 0 saturated carbocycles. The Hall–Kier alpha value is -0.650. The minimum Gasteiger partial charge on any atom is -0.354 e. The lowest BCUT2D eigenvalue weighted by Crippen LogP contribution is -2.43. The summed E-state index contributed by atoms with van der Waals surface area (Å²) in [4.78, 5) is 11.4. The normalized spacial score (nSPS) is 12.9. The van der Waals surface area contributed by atoms with Gasteiger partial charge in [0.2, 0.25) is 5.91 Å². The van der Waals surface area contributed by atoms with E-state index in [-0.39, 0.29) is 11.9 Å². The fourth-order valence-corrected chi connectivity index (χ4v) is 1.28. The molecule has 0 radical (unpaired) electrons.